The Morgan fingerprint density at radius 3 is 2.32 bits per heavy atom. The molecule has 3 aromatic rings. The Bertz CT molecular complexity index is 925. The van der Waals surface area contributed by atoms with Gasteiger partial charge >= 0.3 is 0 Å². The van der Waals surface area contributed by atoms with Gasteiger partial charge in [-0.3, -0.25) is 9.69 Å². The smallest absolute Gasteiger partial charge is 0.262 e. The van der Waals surface area contributed by atoms with Gasteiger partial charge in [-0.1, -0.05) is 35.9 Å². The molecule has 1 heterocycles. The molecule has 5 heteroatoms. The molecule has 4 rings (SSSR count). The second kappa shape index (κ2) is 6.22. The lowest BCUT2D eigenvalue weighted by atomic mass is 10.0. The van der Waals surface area contributed by atoms with Crippen molar-refractivity contribution in [1.82, 2.24) is 0 Å². The van der Waals surface area contributed by atoms with Crippen LogP contribution in [0, 0.1) is 5.82 Å². The van der Waals surface area contributed by atoms with Gasteiger partial charge in [0.1, 0.15) is 12.0 Å². The van der Waals surface area contributed by atoms with Gasteiger partial charge in [0.2, 0.25) is 0 Å². The maximum Gasteiger partial charge on any atom is 0.262 e. The van der Waals surface area contributed by atoms with Gasteiger partial charge in [-0.15, -0.1) is 0 Å². The maximum absolute atomic E-state index is 13.3. The van der Waals surface area contributed by atoms with E-state index in [0.29, 0.717) is 16.3 Å². The Balaban J connectivity index is 1.85. The lowest BCUT2D eigenvalue weighted by Gasteiger charge is -2.38. The molecule has 0 spiro atoms. The van der Waals surface area contributed by atoms with E-state index in [4.69, 9.17) is 11.6 Å². The number of carbonyl (C=O) groups excluding carboxylic acids is 1. The van der Waals surface area contributed by atoms with Crippen LogP contribution in [0.5, 0.6) is 0 Å². The maximum atomic E-state index is 13.3. The molecule has 0 aromatic heterocycles. The van der Waals surface area contributed by atoms with Gasteiger partial charge in [0, 0.05) is 16.4 Å². The highest BCUT2D eigenvalue weighted by Crippen LogP contribution is 2.36. The van der Waals surface area contributed by atoms with Crippen molar-refractivity contribution < 1.29 is 9.18 Å². The van der Waals surface area contributed by atoms with Crippen molar-refractivity contribution in [2.24, 2.45) is 0 Å². The van der Waals surface area contributed by atoms with Gasteiger partial charge < -0.3 is 5.32 Å². The minimum Gasteiger partial charge on any atom is -0.360 e. The molecule has 0 radical (unpaired) electrons. The van der Waals surface area contributed by atoms with E-state index in [0.717, 1.165) is 11.3 Å². The van der Waals surface area contributed by atoms with Crippen LogP contribution < -0.4 is 10.2 Å². The summed E-state index contributed by atoms with van der Waals surface area (Å²) in [7, 11) is 0. The second-order valence-corrected chi connectivity index (χ2v) is 6.23. The number of benzene rings is 3. The third-order valence-electron chi connectivity index (χ3n) is 4.22. The highest BCUT2D eigenvalue weighted by Gasteiger charge is 2.33. The van der Waals surface area contributed by atoms with E-state index in [9.17, 15) is 9.18 Å². The van der Waals surface area contributed by atoms with Crippen LogP contribution in [0.3, 0.4) is 0 Å². The Morgan fingerprint density at radius 2 is 1.60 bits per heavy atom. The van der Waals surface area contributed by atoms with Gasteiger partial charge in [-0.25, -0.2) is 4.39 Å². The summed E-state index contributed by atoms with van der Waals surface area (Å²) < 4.78 is 13.3. The Hall–Kier alpha value is -2.85. The molecule has 25 heavy (non-hydrogen) atoms. The van der Waals surface area contributed by atoms with E-state index in [2.05, 4.69) is 5.32 Å². The van der Waals surface area contributed by atoms with Crippen LogP contribution in [0.25, 0.3) is 0 Å². The Labute approximate surface area is 149 Å². The van der Waals surface area contributed by atoms with Crippen LogP contribution in [0.2, 0.25) is 5.02 Å². The number of hydrogen-bond donors (Lipinski definition) is 1. The Kier molecular flexibility index (Phi) is 3.90. The number of amides is 1. The third-order valence-corrected chi connectivity index (χ3v) is 4.47. The molecule has 0 unspecified atom stereocenters. The zero-order valence-corrected chi connectivity index (χ0v) is 13.9. The van der Waals surface area contributed by atoms with Gasteiger partial charge in [0.05, 0.1) is 5.56 Å². The van der Waals surface area contributed by atoms with Crippen molar-refractivity contribution in [3.05, 3.63) is 94.8 Å². The average Bonchev–Trinajstić information content (AvgIpc) is 2.63. The molecule has 1 amide bonds. The van der Waals surface area contributed by atoms with Crippen molar-refractivity contribution in [3.63, 3.8) is 0 Å². The summed E-state index contributed by atoms with van der Waals surface area (Å²) in [6, 6.07) is 20.6. The van der Waals surface area contributed by atoms with E-state index < -0.39 is 6.17 Å². The van der Waals surface area contributed by atoms with Crippen molar-refractivity contribution in [2.45, 2.75) is 6.17 Å². The molecular formula is C20H14ClFN2O. The topological polar surface area (TPSA) is 32.3 Å². The van der Waals surface area contributed by atoms with Gasteiger partial charge in [-0.2, -0.15) is 0 Å². The third kappa shape index (κ3) is 2.85. The van der Waals surface area contributed by atoms with E-state index >= 15 is 0 Å². The van der Waals surface area contributed by atoms with E-state index in [-0.39, 0.29) is 11.7 Å². The monoisotopic (exact) mass is 352 g/mol. The number of hydrogen-bond acceptors (Lipinski definition) is 2. The zero-order valence-electron chi connectivity index (χ0n) is 13.1. The van der Waals surface area contributed by atoms with Crippen LogP contribution in [-0.2, 0) is 0 Å². The predicted molar refractivity (Wildman–Crippen MR) is 97.5 cm³/mol. The molecule has 124 valence electrons. The number of para-hydroxylation sites is 1. The van der Waals surface area contributed by atoms with Crippen molar-refractivity contribution in [1.29, 1.82) is 0 Å². The van der Waals surface area contributed by atoms with E-state index in [1.807, 2.05) is 18.2 Å². The molecule has 0 saturated carbocycles. The van der Waals surface area contributed by atoms with Crippen LogP contribution in [0.4, 0.5) is 15.8 Å². The fourth-order valence-electron chi connectivity index (χ4n) is 3.00. The van der Waals surface area contributed by atoms with Crippen LogP contribution >= 0.6 is 11.6 Å². The molecular weight excluding hydrogens is 339 g/mol. The minimum atomic E-state index is -0.441. The van der Waals surface area contributed by atoms with Gasteiger partial charge in [0.25, 0.3) is 5.91 Å². The average molecular weight is 353 g/mol. The minimum absolute atomic E-state index is 0.119. The fourth-order valence-corrected chi connectivity index (χ4v) is 3.13. The number of fused-ring (bicyclic) bond motifs is 1. The molecule has 3 aromatic carbocycles. The zero-order chi connectivity index (χ0) is 17.4. The predicted octanol–water partition coefficient (Wildman–Crippen LogP) is 5.25. The normalized spacial score (nSPS) is 16.3. The first kappa shape index (κ1) is 15.7. The standard InChI is InChI=1S/C20H14ClFN2O/c21-14-7-11-16(12-8-14)24-19(13-5-9-15(22)10-6-13)23-18-4-2-1-3-17(18)20(24)25/h1-12,19,23H/t19-/m0/s1. The number of carbonyl (C=O) groups is 1. The largest absolute Gasteiger partial charge is 0.360 e. The Morgan fingerprint density at radius 1 is 0.920 bits per heavy atom. The molecule has 3 nitrogen and oxygen atoms in total. The number of halogens is 2. The summed E-state index contributed by atoms with van der Waals surface area (Å²) in [4.78, 5) is 14.8. The summed E-state index contributed by atoms with van der Waals surface area (Å²) in [5, 5.41) is 3.97. The van der Waals surface area contributed by atoms with Gasteiger partial charge in [-0.05, 0) is 54.1 Å². The number of nitrogens with zero attached hydrogens (tertiary/aromatic N) is 1. The number of anilines is 2. The molecule has 1 aliphatic rings. The highest BCUT2D eigenvalue weighted by molar-refractivity contribution is 6.30. The summed E-state index contributed by atoms with van der Waals surface area (Å²) in [5.74, 6) is -0.435. The summed E-state index contributed by atoms with van der Waals surface area (Å²) in [5.41, 5.74) is 2.85. The second-order valence-electron chi connectivity index (χ2n) is 5.80. The summed E-state index contributed by atoms with van der Waals surface area (Å²) in [6.45, 7) is 0. The first-order valence-electron chi connectivity index (χ1n) is 7.83. The first-order chi connectivity index (χ1) is 12.1. The van der Waals surface area contributed by atoms with Crippen molar-refractivity contribution in [2.75, 3.05) is 10.2 Å². The lowest BCUT2D eigenvalue weighted by molar-refractivity contribution is 0.0975. The molecule has 0 fully saturated rings. The van der Waals surface area contributed by atoms with Crippen molar-refractivity contribution >= 4 is 28.9 Å². The van der Waals surface area contributed by atoms with Crippen LogP contribution in [0.15, 0.2) is 72.8 Å². The molecule has 1 N–H and O–H groups in total. The number of nitrogens with one attached hydrogen (secondary N) is 1. The molecule has 0 aliphatic carbocycles. The van der Waals surface area contributed by atoms with Crippen LogP contribution in [0.1, 0.15) is 22.1 Å². The molecule has 1 aliphatic heterocycles. The quantitative estimate of drug-likeness (QED) is 0.683. The highest BCUT2D eigenvalue weighted by atomic mass is 35.5. The summed E-state index contributed by atoms with van der Waals surface area (Å²) in [6.07, 6.45) is -0.441. The SMILES string of the molecule is O=C1c2ccccc2N[C@H](c2ccc(F)cc2)N1c1ccc(Cl)cc1. The summed E-state index contributed by atoms with van der Waals surface area (Å²) >= 11 is 5.98. The fraction of sp³-hybridized carbons (Fsp3) is 0.0500. The van der Waals surface area contributed by atoms with E-state index in [1.54, 1.807) is 47.4 Å². The van der Waals surface area contributed by atoms with E-state index in [1.165, 1.54) is 12.1 Å². The van der Waals surface area contributed by atoms with Crippen molar-refractivity contribution in [3.8, 4) is 0 Å². The lowest BCUT2D eigenvalue weighted by Crippen LogP contribution is -2.43. The molecule has 1 atom stereocenters. The molecule has 0 bridgehead atoms. The molecule has 0 saturated heterocycles. The first-order valence-corrected chi connectivity index (χ1v) is 8.21. The van der Waals surface area contributed by atoms with Crippen LogP contribution in [-0.4, -0.2) is 5.91 Å². The van der Waals surface area contributed by atoms with Gasteiger partial charge in [0.15, 0.2) is 0 Å². The number of rotatable bonds is 2.